The SMILES string of the molecule is CCNC(=NCCNC(=O)OC(C)(C)C)NC1CCN(S(=O)(=O)C(F)(F)F)CC1.I. The Balaban J connectivity index is 0.00000841. The number of hydrogen-bond donors (Lipinski definition) is 3. The van der Waals surface area contributed by atoms with Crippen LogP contribution in [0, 0.1) is 0 Å². The fourth-order valence-corrected chi connectivity index (χ4v) is 3.52. The summed E-state index contributed by atoms with van der Waals surface area (Å²) in [6.45, 7) is 7.73. The van der Waals surface area contributed by atoms with Gasteiger partial charge in [-0.3, -0.25) is 4.99 Å². The second-order valence-corrected chi connectivity index (χ2v) is 9.39. The van der Waals surface area contributed by atoms with Gasteiger partial charge >= 0.3 is 21.6 Å². The van der Waals surface area contributed by atoms with E-state index in [0.29, 0.717) is 16.8 Å². The molecule has 1 amide bonds. The van der Waals surface area contributed by atoms with Crippen molar-refractivity contribution in [1.82, 2.24) is 20.3 Å². The standard InChI is InChI=1S/C16H30F3N5O4S.HI/c1-5-20-13(21-8-9-22-14(25)28-15(2,3)4)23-12-6-10-24(11-7-12)29(26,27)16(17,18)19;/h12H,5-11H2,1-4H3,(H,22,25)(H2,20,21,23);1H. The third-order valence-corrected chi connectivity index (χ3v) is 5.45. The van der Waals surface area contributed by atoms with Crippen molar-refractivity contribution in [1.29, 1.82) is 0 Å². The van der Waals surface area contributed by atoms with E-state index in [0.717, 1.165) is 0 Å². The highest BCUT2D eigenvalue weighted by Crippen LogP contribution is 2.28. The predicted molar refractivity (Wildman–Crippen MR) is 118 cm³/mol. The van der Waals surface area contributed by atoms with Gasteiger partial charge in [0.1, 0.15) is 5.60 Å². The van der Waals surface area contributed by atoms with E-state index < -0.39 is 27.2 Å². The molecule has 0 atom stereocenters. The van der Waals surface area contributed by atoms with Crippen molar-refractivity contribution in [2.24, 2.45) is 4.99 Å². The predicted octanol–water partition coefficient (Wildman–Crippen LogP) is 2.00. The molecular weight excluding hydrogens is 542 g/mol. The molecular formula is C16H31F3IN5O4S. The van der Waals surface area contributed by atoms with Crippen LogP contribution < -0.4 is 16.0 Å². The van der Waals surface area contributed by atoms with Crippen molar-refractivity contribution in [3.63, 3.8) is 0 Å². The fraction of sp³-hybridized carbons (Fsp3) is 0.875. The summed E-state index contributed by atoms with van der Waals surface area (Å²) in [6, 6.07) is -0.216. The van der Waals surface area contributed by atoms with Gasteiger partial charge in [0.2, 0.25) is 0 Å². The fourth-order valence-electron chi connectivity index (χ4n) is 2.54. The minimum absolute atomic E-state index is 0. The van der Waals surface area contributed by atoms with Crippen molar-refractivity contribution in [2.45, 2.75) is 57.7 Å². The van der Waals surface area contributed by atoms with E-state index in [2.05, 4.69) is 20.9 Å². The topological polar surface area (TPSA) is 112 Å². The average molecular weight is 573 g/mol. The first-order valence-electron chi connectivity index (χ1n) is 9.34. The van der Waals surface area contributed by atoms with E-state index in [9.17, 15) is 26.4 Å². The molecule has 30 heavy (non-hydrogen) atoms. The number of guanidine groups is 1. The number of rotatable bonds is 6. The summed E-state index contributed by atoms with van der Waals surface area (Å²) in [5, 5.41) is 8.66. The van der Waals surface area contributed by atoms with E-state index >= 15 is 0 Å². The Bertz CT molecular complexity index is 675. The quantitative estimate of drug-likeness (QED) is 0.194. The summed E-state index contributed by atoms with van der Waals surface area (Å²) in [5.74, 6) is 0.440. The number of aliphatic imine (C=N–C) groups is 1. The van der Waals surface area contributed by atoms with Crippen LogP contribution in [0.1, 0.15) is 40.5 Å². The summed E-state index contributed by atoms with van der Waals surface area (Å²) in [7, 11) is -5.29. The smallest absolute Gasteiger partial charge is 0.444 e. The molecule has 3 N–H and O–H groups in total. The van der Waals surface area contributed by atoms with Gasteiger partial charge in [-0.05, 0) is 40.5 Å². The van der Waals surface area contributed by atoms with Crippen molar-refractivity contribution < 1.29 is 31.1 Å². The second kappa shape index (κ2) is 12.1. The number of halogens is 4. The normalized spacial score (nSPS) is 17.1. The van der Waals surface area contributed by atoms with E-state index in [4.69, 9.17) is 4.74 Å². The van der Waals surface area contributed by atoms with E-state index in [-0.39, 0.29) is 69.0 Å². The van der Waals surface area contributed by atoms with Gasteiger partial charge in [0.05, 0.1) is 6.54 Å². The zero-order valence-corrected chi connectivity index (χ0v) is 20.7. The van der Waals surface area contributed by atoms with Gasteiger partial charge in [0.15, 0.2) is 5.96 Å². The molecule has 0 aromatic rings. The van der Waals surface area contributed by atoms with Gasteiger partial charge in [0.25, 0.3) is 0 Å². The maximum Gasteiger partial charge on any atom is 0.511 e. The molecule has 0 unspecified atom stereocenters. The first-order chi connectivity index (χ1) is 13.3. The van der Waals surface area contributed by atoms with Crippen LogP contribution in [0.3, 0.4) is 0 Å². The molecule has 0 aliphatic carbocycles. The van der Waals surface area contributed by atoms with Gasteiger partial charge < -0.3 is 20.7 Å². The van der Waals surface area contributed by atoms with Crippen molar-refractivity contribution in [3.05, 3.63) is 0 Å². The molecule has 14 heteroatoms. The number of hydrogen-bond acceptors (Lipinski definition) is 5. The van der Waals surface area contributed by atoms with Gasteiger partial charge in [0, 0.05) is 32.2 Å². The molecule has 0 saturated carbocycles. The van der Waals surface area contributed by atoms with Crippen molar-refractivity contribution in [3.8, 4) is 0 Å². The van der Waals surface area contributed by atoms with E-state index in [1.165, 1.54) is 0 Å². The molecule has 1 saturated heterocycles. The van der Waals surface area contributed by atoms with Crippen LogP contribution in [0.15, 0.2) is 4.99 Å². The molecule has 9 nitrogen and oxygen atoms in total. The molecule has 0 bridgehead atoms. The summed E-state index contributed by atoms with van der Waals surface area (Å²) in [5.41, 5.74) is -5.89. The lowest BCUT2D eigenvalue weighted by Gasteiger charge is -2.32. The minimum Gasteiger partial charge on any atom is -0.444 e. The Morgan fingerprint density at radius 2 is 1.73 bits per heavy atom. The van der Waals surface area contributed by atoms with Crippen molar-refractivity contribution in [2.75, 3.05) is 32.7 Å². The highest BCUT2D eigenvalue weighted by Gasteiger charge is 2.50. The number of alkyl carbamates (subject to hydrolysis) is 1. The average Bonchev–Trinajstić information content (AvgIpc) is 2.56. The first-order valence-corrected chi connectivity index (χ1v) is 10.8. The summed E-state index contributed by atoms with van der Waals surface area (Å²) < 4.78 is 66.4. The van der Waals surface area contributed by atoms with Crippen LogP contribution in [0.4, 0.5) is 18.0 Å². The highest BCUT2D eigenvalue weighted by molar-refractivity contribution is 14.0. The maximum atomic E-state index is 12.6. The Labute approximate surface area is 192 Å². The molecule has 1 fully saturated rings. The number of nitrogens with zero attached hydrogens (tertiary/aromatic N) is 2. The molecule has 1 heterocycles. The van der Waals surface area contributed by atoms with Crippen LogP contribution in [-0.4, -0.2) is 74.7 Å². The van der Waals surface area contributed by atoms with Crippen LogP contribution in [-0.2, 0) is 14.8 Å². The zero-order chi connectivity index (χ0) is 22.3. The van der Waals surface area contributed by atoms with Crippen LogP contribution in [0.5, 0.6) is 0 Å². The third-order valence-electron chi connectivity index (χ3n) is 3.82. The van der Waals surface area contributed by atoms with E-state index in [1.807, 2.05) is 6.92 Å². The monoisotopic (exact) mass is 573 g/mol. The lowest BCUT2D eigenvalue weighted by Crippen LogP contribution is -2.51. The number of carbonyl (C=O) groups is 1. The molecule has 1 aliphatic heterocycles. The maximum absolute atomic E-state index is 12.6. The number of amides is 1. The first kappa shape index (κ1) is 29.0. The Hall–Kier alpha value is -1.03. The number of sulfonamides is 1. The minimum atomic E-state index is -5.29. The van der Waals surface area contributed by atoms with Gasteiger partial charge in [-0.25, -0.2) is 13.2 Å². The van der Waals surface area contributed by atoms with Crippen LogP contribution in [0.25, 0.3) is 0 Å². The third kappa shape index (κ3) is 9.85. The largest absolute Gasteiger partial charge is 0.511 e. The number of nitrogens with one attached hydrogen (secondary N) is 3. The molecule has 0 spiro atoms. The number of ether oxygens (including phenoxy) is 1. The van der Waals surface area contributed by atoms with E-state index in [1.54, 1.807) is 20.8 Å². The van der Waals surface area contributed by atoms with Gasteiger partial charge in [-0.15, -0.1) is 24.0 Å². The lowest BCUT2D eigenvalue weighted by atomic mass is 10.1. The Morgan fingerprint density at radius 1 is 1.17 bits per heavy atom. The molecule has 0 radical (unpaired) electrons. The van der Waals surface area contributed by atoms with Crippen LogP contribution >= 0.6 is 24.0 Å². The molecule has 178 valence electrons. The van der Waals surface area contributed by atoms with Crippen molar-refractivity contribution >= 4 is 46.1 Å². The second-order valence-electron chi connectivity index (χ2n) is 7.46. The summed E-state index contributed by atoms with van der Waals surface area (Å²) in [6.07, 6.45) is -0.116. The van der Waals surface area contributed by atoms with Gasteiger partial charge in [-0.2, -0.15) is 17.5 Å². The molecule has 1 rings (SSSR count). The summed E-state index contributed by atoms with van der Waals surface area (Å²) >= 11 is 0. The Morgan fingerprint density at radius 3 is 2.20 bits per heavy atom. The zero-order valence-electron chi connectivity index (χ0n) is 17.5. The lowest BCUT2D eigenvalue weighted by molar-refractivity contribution is -0.0494. The molecule has 0 aromatic carbocycles. The number of alkyl halides is 3. The number of carbonyl (C=O) groups excluding carboxylic acids is 1. The van der Waals surface area contributed by atoms with Crippen LogP contribution in [0.2, 0.25) is 0 Å². The molecule has 1 aliphatic rings. The van der Waals surface area contributed by atoms with Gasteiger partial charge in [-0.1, -0.05) is 0 Å². The highest BCUT2D eigenvalue weighted by atomic mass is 127. The summed E-state index contributed by atoms with van der Waals surface area (Å²) in [4.78, 5) is 15.9. The Kier molecular flexibility index (Phi) is 11.7. The number of piperidine rings is 1. The molecule has 0 aromatic heterocycles.